The van der Waals surface area contributed by atoms with Crippen LogP contribution in [0.15, 0.2) is 35.7 Å². The van der Waals surface area contributed by atoms with Crippen LogP contribution in [-0.4, -0.2) is 52.9 Å². The molecule has 1 aliphatic rings. The molecular weight excluding hydrogens is 376 g/mol. The number of thiazole rings is 1. The number of urea groups is 1. The first kappa shape index (κ1) is 19.9. The summed E-state index contributed by atoms with van der Waals surface area (Å²) in [5.74, 6) is 0.693. The highest BCUT2D eigenvalue weighted by atomic mass is 32.1. The minimum Gasteiger partial charge on any atom is -0.487 e. The topological polar surface area (TPSA) is 88.8 Å². The van der Waals surface area contributed by atoms with Crippen molar-refractivity contribution in [2.45, 2.75) is 20.0 Å². The lowest BCUT2D eigenvalue weighted by molar-refractivity contribution is -0.125. The molecule has 28 heavy (non-hydrogen) atoms. The summed E-state index contributed by atoms with van der Waals surface area (Å²) in [7, 11) is 0. The smallest absolute Gasteiger partial charge is 0.314 e. The second kappa shape index (κ2) is 9.36. The SMILES string of the molecule is Cc1nc(COc2ccc(C=CC(=O)N3CCCN(C(N)=O)CC3)cc2)cs1. The van der Waals surface area contributed by atoms with Crippen LogP contribution in [0.3, 0.4) is 0 Å². The Hall–Kier alpha value is -2.87. The van der Waals surface area contributed by atoms with Crippen molar-refractivity contribution in [1.29, 1.82) is 0 Å². The third-order valence-corrected chi connectivity index (χ3v) is 5.29. The average molecular weight is 401 g/mol. The van der Waals surface area contributed by atoms with Crippen LogP contribution in [-0.2, 0) is 11.4 Å². The van der Waals surface area contributed by atoms with Crippen LogP contribution in [0.25, 0.3) is 6.08 Å². The van der Waals surface area contributed by atoms with E-state index in [1.807, 2.05) is 36.6 Å². The van der Waals surface area contributed by atoms with Gasteiger partial charge in [0.05, 0.1) is 10.7 Å². The standard InChI is InChI=1S/C20H24N4O3S/c1-15-22-17(14-28-15)13-27-18-6-3-16(4-7-18)5-8-19(25)23-9-2-10-24(12-11-23)20(21)26/h3-8,14H,2,9-13H2,1H3,(H2,21,26). The summed E-state index contributed by atoms with van der Waals surface area (Å²) in [4.78, 5) is 31.4. The number of aromatic nitrogens is 1. The lowest BCUT2D eigenvalue weighted by Crippen LogP contribution is -2.39. The number of primary amides is 1. The molecule has 0 aliphatic carbocycles. The molecule has 148 valence electrons. The summed E-state index contributed by atoms with van der Waals surface area (Å²) in [6.45, 7) is 4.58. The number of ether oxygens (including phenoxy) is 1. The Bertz CT molecular complexity index is 847. The molecule has 0 radical (unpaired) electrons. The maximum atomic E-state index is 12.4. The van der Waals surface area contributed by atoms with Crippen LogP contribution in [0.1, 0.15) is 22.7 Å². The summed E-state index contributed by atoms with van der Waals surface area (Å²) >= 11 is 1.60. The Balaban J connectivity index is 1.50. The van der Waals surface area contributed by atoms with Crippen LogP contribution >= 0.6 is 11.3 Å². The Kier molecular flexibility index (Phi) is 6.65. The molecule has 0 unspecified atom stereocenters. The van der Waals surface area contributed by atoms with Crippen molar-refractivity contribution in [2.75, 3.05) is 26.2 Å². The Labute approximate surface area is 168 Å². The number of carbonyl (C=O) groups is 2. The van der Waals surface area contributed by atoms with E-state index in [1.54, 1.807) is 33.3 Å². The Morgan fingerprint density at radius 1 is 1.18 bits per heavy atom. The number of benzene rings is 1. The normalized spacial score (nSPS) is 14.9. The van der Waals surface area contributed by atoms with E-state index >= 15 is 0 Å². The molecule has 2 heterocycles. The van der Waals surface area contributed by atoms with Crippen LogP contribution in [0.5, 0.6) is 5.75 Å². The Morgan fingerprint density at radius 2 is 1.89 bits per heavy atom. The van der Waals surface area contributed by atoms with Gasteiger partial charge in [-0.1, -0.05) is 12.1 Å². The molecule has 7 nitrogen and oxygen atoms in total. The van der Waals surface area contributed by atoms with Gasteiger partial charge < -0.3 is 20.3 Å². The molecule has 0 spiro atoms. The summed E-state index contributed by atoms with van der Waals surface area (Å²) in [5, 5.41) is 3.01. The van der Waals surface area contributed by atoms with E-state index in [4.69, 9.17) is 10.5 Å². The highest BCUT2D eigenvalue weighted by Crippen LogP contribution is 2.16. The Morgan fingerprint density at radius 3 is 2.57 bits per heavy atom. The number of nitrogens with zero attached hydrogens (tertiary/aromatic N) is 3. The quantitative estimate of drug-likeness (QED) is 0.782. The van der Waals surface area contributed by atoms with E-state index in [1.165, 1.54) is 0 Å². The second-order valence-electron chi connectivity index (χ2n) is 6.55. The molecule has 0 bridgehead atoms. The first-order chi connectivity index (χ1) is 13.5. The predicted octanol–water partition coefficient (Wildman–Crippen LogP) is 2.66. The zero-order chi connectivity index (χ0) is 19.9. The summed E-state index contributed by atoms with van der Waals surface area (Å²) in [6, 6.07) is 7.13. The number of nitrogens with two attached hydrogens (primary N) is 1. The van der Waals surface area contributed by atoms with Gasteiger partial charge in [-0.2, -0.15) is 0 Å². The molecule has 1 aromatic carbocycles. The van der Waals surface area contributed by atoms with E-state index in [-0.39, 0.29) is 5.91 Å². The largest absolute Gasteiger partial charge is 0.487 e. The third kappa shape index (κ3) is 5.56. The molecule has 1 aliphatic heterocycles. The molecule has 0 atom stereocenters. The van der Waals surface area contributed by atoms with Gasteiger partial charge in [0, 0.05) is 37.6 Å². The van der Waals surface area contributed by atoms with Gasteiger partial charge in [-0.3, -0.25) is 4.79 Å². The lowest BCUT2D eigenvalue weighted by atomic mass is 10.2. The van der Waals surface area contributed by atoms with Crippen LogP contribution < -0.4 is 10.5 Å². The number of hydrogen-bond donors (Lipinski definition) is 1. The van der Waals surface area contributed by atoms with E-state index in [0.717, 1.165) is 28.4 Å². The molecule has 0 saturated carbocycles. The zero-order valence-corrected chi connectivity index (χ0v) is 16.7. The van der Waals surface area contributed by atoms with Crippen molar-refractivity contribution in [2.24, 2.45) is 5.73 Å². The number of carbonyl (C=O) groups excluding carboxylic acids is 2. The van der Waals surface area contributed by atoms with Crippen molar-refractivity contribution in [3.8, 4) is 5.75 Å². The molecule has 1 saturated heterocycles. The van der Waals surface area contributed by atoms with E-state index in [0.29, 0.717) is 32.8 Å². The van der Waals surface area contributed by atoms with Gasteiger partial charge in [0.25, 0.3) is 0 Å². The fourth-order valence-electron chi connectivity index (χ4n) is 2.94. The molecule has 3 amide bonds. The number of amides is 3. The maximum Gasteiger partial charge on any atom is 0.314 e. The van der Waals surface area contributed by atoms with Crippen molar-refractivity contribution in [1.82, 2.24) is 14.8 Å². The van der Waals surface area contributed by atoms with Crippen molar-refractivity contribution in [3.05, 3.63) is 52.0 Å². The van der Waals surface area contributed by atoms with Crippen molar-refractivity contribution < 1.29 is 14.3 Å². The van der Waals surface area contributed by atoms with E-state index in [2.05, 4.69) is 4.98 Å². The maximum absolute atomic E-state index is 12.4. The first-order valence-electron chi connectivity index (χ1n) is 9.16. The second-order valence-corrected chi connectivity index (χ2v) is 7.62. The van der Waals surface area contributed by atoms with Crippen molar-refractivity contribution >= 4 is 29.4 Å². The van der Waals surface area contributed by atoms with Crippen LogP contribution in [0.4, 0.5) is 4.79 Å². The lowest BCUT2D eigenvalue weighted by Gasteiger charge is -2.19. The molecule has 2 N–H and O–H groups in total. The average Bonchev–Trinajstić information content (AvgIpc) is 2.95. The summed E-state index contributed by atoms with van der Waals surface area (Å²) < 4.78 is 5.73. The highest BCUT2D eigenvalue weighted by Gasteiger charge is 2.19. The fraction of sp³-hybridized carbons (Fsp3) is 0.350. The third-order valence-electron chi connectivity index (χ3n) is 4.47. The highest BCUT2D eigenvalue weighted by molar-refractivity contribution is 7.09. The molecule has 8 heteroatoms. The predicted molar refractivity (Wildman–Crippen MR) is 109 cm³/mol. The van der Waals surface area contributed by atoms with Gasteiger partial charge in [-0.15, -0.1) is 11.3 Å². The summed E-state index contributed by atoms with van der Waals surface area (Å²) in [5.41, 5.74) is 7.15. The minimum absolute atomic E-state index is 0.0643. The molecule has 3 rings (SSSR count). The van der Waals surface area contributed by atoms with Crippen LogP contribution in [0.2, 0.25) is 0 Å². The minimum atomic E-state index is -0.433. The molecule has 1 aromatic heterocycles. The van der Waals surface area contributed by atoms with Gasteiger partial charge in [0.15, 0.2) is 0 Å². The molecule has 1 fully saturated rings. The summed E-state index contributed by atoms with van der Waals surface area (Å²) in [6.07, 6.45) is 4.08. The van der Waals surface area contributed by atoms with Gasteiger partial charge in [-0.25, -0.2) is 9.78 Å². The molecule has 2 aromatic rings. The van der Waals surface area contributed by atoms with Gasteiger partial charge in [-0.05, 0) is 37.1 Å². The number of aryl methyl sites for hydroxylation is 1. The zero-order valence-electron chi connectivity index (χ0n) is 15.8. The van der Waals surface area contributed by atoms with E-state index in [9.17, 15) is 9.59 Å². The molecular formula is C20H24N4O3S. The van der Waals surface area contributed by atoms with Gasteiger partial charge in [0.1, 0.15) is 12.4 Å². The van der Waals surface area contributed by atoms with Gasteiger partial charge in [0.2, 0.25) is 5.91 Å². The fourth-order valence-corrected chi connectivity index (χ4v) is 3.54. The van der Waals surface area contributed by atoms with E-state index < -0.39 is 6.03 Å². The van der Waals surface area contributed by atoms with Crippen LogP contribution in [0, 0.1) is 6.92 Å². The monoisotopic (exact) mass is 400 g/mol. The number of hydrogen-bond acceptors (Lipinski definition) is 5. The van der Waals surface area contributed by atoms with Gasteiger partial charge >= 0.3 is 6.03 Å². The number of rotatable bonds is 5. The van der Waals surface area contributed by atoms with Crippen molar-refractivity contribution in [3.63, 3.8) is 0 Å². The first-order valence-corrected chi connectivity index (χ1v) is 10.0.